The Bertz CT molecular complexity index is 1690. The van der Waals surface area contributed by atoms with Gasteiger partial charge in [0, 0.05) is 29.1 Å². The van der Waals surface area contributed by atoms with Gasteiger partial charge in [0.05, 0.1) is 35.7 Å². The number of aromatic nitrogens is 2. The topological polar surface area (TPSA) is 179 Å². The number of hydrogen-bond donors (Lipinski definition) is 5. The summed E-state index contributed by atoms with van der Waals surface area (Å²) in [5, 5.41) is 22.8. The van der Waals surface area contributed by atoms with Crippen LogP contribution >= 0.6 is 0 Å². The van der Waals surface area contributed by atoms with Gasteiger partial charge >= 0.3 is 12.1 Å². The number of nitrogen functional groups attached to an aromatic ring is 1. The minimum Gasteiger partial charge on any atom is -0.494 e. The summed E-state index contributed by atoms with van der Waals surface area (Å²) in [7, 11) is 0. The van der Waals surface area contributed by atoms with Crippen molar-refractivity contribution in [3.05, 3.63) is 101 Å². The molecular weight excluding hydrogens is 612 g/mol. The number of aliphatic carboxylic acids is 1. The summed E-state index contributed by atoms with van der Waals surface area (Å²) in [4.78, 5) is 20.9. The van der Waals surface area contributed by atoms with Gasteiger partial charge in [0.25, 0.3) is 5.91 Å². The lowest BCUT2D eigenvalue weighted by atomic mass is 10.0. The lowest BCUT2D eigenvalue weighted by Gasteiger charge is -2.22. The van der Waals surface area contributed by atoms with Gasteiger partial charge in [0.2, 0.25) is 0 Å². The molecule has 244 valence electrons. The highest BCUT2D eigenvalue weighted by atomic mass is 19.4. The fourth-order valence-corrected chi connectivity index (χ4v) is 4.12. The molecule has 0 bridgehead atoms. The van der Waals surface area contributed by atoms with E-state index in [4.69, 9.17) is 41.4 Å². The van der Waals surface area contributed by atoms with Crippen LogP contribution in [0.1, 0.15) is 54.0 Å². The van der Waals surface area contributed by atoms with Crippen molar-refractivity contribution in [3.63, 3.8) is 0 Å². The Kier molecular flexibility index (Phi) is 11.3. The van der Waals surface area contributed by atoms with Crippen LogP contribution in [0.25, 0.3) is 5.69 Å². The van der Waals surface area contributed by atoms with Crippen molar-refractivity contribution in [2.24, 2.45) is 11.5 Å². The number of amidine groups is 1. The molecule has 0 fully saturated rings. The Morgan fingerprint density at radius 3 is 2.24 bits per heavy atom. The van der Waals surface area contributed by atoms with Crippen LogP contribution in [0.3, 0.4) is 0 Å². The van der Waals surface area contributed by atoms with Crippen molar-refractivity contribution in [3.8, 4) is 17.2 Å². The fourth-order valence-electron chi connectivity index (χ4n) is 4.12. The molecule has 15 heteroatoms. The van der Waals surface area contributed by atoms with Gasteiger partial charge in [-0.3, -0.25) is 10.2 Å². The second kappa shape index (κ2) is 14.9. The number of nitrogens with two attached hydrogens (primary N) is 2. The number of carboxylic acid groups (broad SMARTS) is 1. The maximum atomic E-state index is 16.0. The summed E-state index contributed by atoms with van der Waals surface area (Å²) in [6.07, 6.45) is -3.67. The molecule has 0 saturated carbocycles. The molecule has 11 nitrogen and oxygen atoms in total. The zero-order valence-corrected chi connectivity index (χ0v) is 24.9. The number of benzene rings is 3. The zero-order chi connectivity index (χ0) is 34.2. The largest absolute Gasteiger partial charge is 0.494 e. The first-order valence-corrected chi connectivity index (χ1v) is 13.7. The van der Waals surface area contributed by atoms with Crippen LogP contribution in [0.5, 0.6) is 11.5 Å². The summed E-state index contributed by atoms with van der Waals surface area (Å²) >= 11 is 0. The number of nitrogens with one attached hydrogen (secondary N) is 2. The van der Waals surface area contributed by atoms with E-state index < -0.39 is 29.9 Å². The molecule has 3 aromatic carbocycles. The van der Waals surface area contributed by atoms with Crippen molar-refractivity contribution >= 4 is 23.4 Å². The average molecular weight is 645 g/mol. The van der Waals surface area contributed by atoms with Crippen molar-refractivity contribution < 1.29 is 41.7 Å². The molecule has 4 rings (SSSR count). The molecular formula is C31H32F4N6O5. The van der Waals surface area contributed by atoms with Gasteiger partial charge in [-0.05, 0) is 69.3 Å². The van der Waals surface area contributed by atoms with Gasteiger partial charge in [0.1, 0.15) is 11.6 Å². The Morgan fingerprint density at radius 1 is 1.07 bits per heavy atom. The van der Waals surface area contributed by atoms with E-state index in [1.54, 1.807) is 66.9 Å². The highest BCUT2D eigenvalue weighted by Crippen LogP contribution is 2.36. The molecule has 0 aliphatic heterocycles. The minimum absolute atomic E-state index is 0.0585. The molecule has 0 spiro atoms. The average Bonchev–Trinajstić information content (AvgIpc) is 3.47. The van der Waals surface area contributed by atoms with Gasteiger partial charge in [-0.1, -0.05) is 12.1 Å². The van der Waals surface area contributed by atoms with Crippen LogP contribution in [0.2, 0.25) is 0 Å². The lowest BCUT2D eigenvalue weighted by molar-refractivity contribution is -0.192. The van der Waals surface area contributed by atoms with Crippen LogP contribution in [0, 0.1) is 11.2 Å². The third kappa shape index (κ3) is 8.97. The first-order valence-electron chi connectivity index (χ1n) is 13.7. The summed E-state index contributed by atoms with van der Waals surface area (Å²) in [5.74, 6) is -3.46. The molecule has 7 N–H and O–H groups in total. The number of carbonyl (C=O) groups is 2. The van der Waals surface area contributed by atoms with E-state index in [9.17, 15) is 18.0 Å². The zero-order valence-electron chi connectivity index (χ0n) is 24.9. The van der Waals surface area contributed by atoms with Gasteiger partial charge in [-0.25, -0.2) is 13.9 Å². The van der Waals surface area contributed by atoms with Gasteiger partial charge in [-0.15, -0.1) is 0 Å². The molecule has 4 aromatic rings. The summed E-state index contributed by atoms with van der Waals surface area (Å²) in [6.45, 7) is 5.86. The number of alkyl halides is 3. The molecule has 0 aliphatic carbocycles. The van der Waals surface area contributed by atoms with E-state index in [-0.39, 0.29) is 23.3 Å². The van der Waals surface area contributed by atoms with E-state index >= 15 is 4.39 Å². The predicted octanol–water partition coefficient (Wildman–Crippen LogP) is 5.42. The Morgan fingerprint density at radius 2 is 1.70 bits per heavy atom. The standard InChI is InChI=1S/C29H31FN6O3.C2HF3O2/c1-4-38-20-15-22(26(30)25(16-20)39-17(2)3)27(34-19-11-9-18(10-12-19)28(31)32)23-13-14-36(35-23)24-8-6-5-7-21(24)29(33)37;3-2(4,5)1(6)7/h5-17,27,34H,4H2,1-3H3,(H3,31,32)(H2,33,37);(H,6,7). The number of ether oxygens (including phenoxy) is 2. The lowest BCUT2D eigenvalue weighted by Crippen LogP contribution is -2.21. The van der Waals surface area contributed by atoms with Gasteiger partial charge < -0.3 is 31.4 Å². The minimum atomic E-state index is -5.08. The van der Waals surface area contributed by atoms with E-state index in [1.807, 2.05) is 20.8 Å². The van der Waals surface area contributed by atoms with E-state index in [1.165, 1.54) is 10.7 Å². The van der Waals surface area contributed by atoms with Crippen LogP contribution in [-0.4, -0.2) is 51.5 Å². The molecule has 46 heavy (non-hydrogen) atoms. The monoisotopic (exact) mass is 644 g/mol. The highest BCUT2D eigenvalue weighted by Gasteiger charge is 2.38. The number of hydrogen-bond acceptors (Lipinski definition) is 7. The fraction of sp³-hybridized carbons (Fsp3) is 0.226. The Labute approximate surface area is 261 Å². The molecule has 1 heterocycles. The second-order valence-corrected chi connectivity index (χ2v) is 9.86. The third-order valence-electron chi connectivity index (χ3n) is 6.10. The van der Waals surface area contributed by atoms with E-state index in [0.29, 0.717) is 40.6 Å². The van der Waals surface area contributed by atoms with Crippen molar-refractivity contribution in [1.29, 1.82) is 5.41 Å². The summed E-state index contributed by atoms with van der Waals surface area (Å²) in [6, 6.07) is 17.8. The molecule has 1 unspecified atom stereocenters. The van der Waals surface area contributed by atoms with Crippen LogP contribution in [-0.2, 0) is 4.79 Å². The van der Waals surface area contributed by atoms with Crippen LogP contribution in [0.4, 0.5) is 23.2 Å². The van der Waals surface area contributed by atoms with Crippen LogP contribution < -0.4 is 26.3 Å². The number of rotatable bonds is 11. The summed E-state index contributed by atoms with van der Waals surface area (Å²) in [5.41, 5.74) is 13.9. The second-order valence-electron chi connectivity index (χ2n) is 9.86. The number of nitrogens with zero attached hydrogens (tertiary/aromatic N) is 2. The maximum absolute atomic E-state index is 16.0. The van der Waals surface area contributed by atoms with Crippen molar-refractivity contribution in [1.82, 2.24) is 9.78 Å². The SMILES string of the molecule is CCOc1cc(OC(C)C)c(F)c(C(Nc2ccc(C(=N)N)cc2)c2ccn(-c3ccccc3C(N)=O)n2)c1.O=C(O)C(F)(F)F. The predicted molar refractivity (Wildman–Crippen MR) is 162 cm³/mol. The maximum Gasteiger partial charge on any atom is 0.490 e. The number of para-hydroxylation sites is 1. The summed E-state index contributed by atoms with van der Waals surface area (Å²) < 4.78 is 60.8. The number of halogens is 4. The van der Waals surface area contributed by atoms with Crippen molar-refractivity contribution in [2.45, 2.75) is 39.1 Å². The smallest absolute Gasteiger partial charge is 0.490 e. The molecule has 0 aliphatic rings. The van der Waals surface area contributed by atoms with Crippen molar-refractivity contribution in [2.75, 3.05) is 11.9 Å². The van der Waals surface area contributed by atoms with Gasteiger partial charge in [0.15, 0.2) is 11.6 Å². The molecule has 1 aromatic heterocycles. The molecule has 1 atom stereocenters. The van der Waals surface area contributed by atoms with E-state index in [0.717, 1.165) is 0 Å². The quantitative estimate of drug-likeness (QED) is 0.0817. The Hall–Kier alpha value is -5.60. The highest BCUT2D eigenvalue weighted by molar-refractivity contribution is 5.96. The first kappa shape index (κ1) is 34.9. The van der Waals surface area contributed by atoms with Gasteiger partial charge in [-0.2, -0.15) is 18.3 Å². The normalized spacial score (nSPS) is 11.7. The van der Waals surface area contributed by atoms with E-state index in [2.05, 4.69) is 5.32 Å². The Balaban J connectivity index is 0.000000738. The number of carboxylic acids is 1. The van der Waals surface area contributed by atoms with Crippen LogP contribution in [0.15, 0.2) is 72.9 Å². The molecule has 1 amide bonds. The molecule has 0 radical (unpaired) electrons. The molecule has 0 saturated heterocycles. The third-order valence-corrected chi connectivity index (χ3v) is 6.10. The number of primary amides is 1. The number of anilines is 1. The number of carbonyl (C=O) groups excluding carboxylic acids is 1. The number of amides is 1. The first-order chi connectivity index (χ1) is 21.6.